The summed E-state index contributed by atoms with van der Waals surface area (Å²) < 4.78 is 4.96. The van der Waals surface area contributed by atoms with Crippen molar-refractivity contribution >= 4 is 6.08 Å². The fourth-order valence-electron chi connectivity index (χ4n) is 0.833. The van der Waals surface area contributed by atoms with Crippen LogP contribution in [0.3, 0.4) is 0 Å². The van der Waals surface area contributed by atoms with Gasteiger partial charge < -0.3 is 4.74 Å². The predicted molar refractivity (Wildman–Crippen MR) is 45.5 cm³/mol. The molecule has 1 heterocycles. The van der Waals surface area contributed by atoms with Crippen molar-refractivity contribution < 1.29 is 4.74 Å². The quantitative estimate of drug-likeness (QED) is 0.642. The SMILES string of the molecule is C/C=C/c1ccnc(OC)c1. The molecule has 1 aromatic rings. The Kier molecular flexibility index (Phi) is 2.66. The zero-order valence-electron chi connectivity index (χ0n) is 6.74. The first kappa shape index (κ1) is 7.79. The fraction of sp³-hybridized carbons (Fsp3) is 0.222. The summed E-state index contributed by atoms with van der Waals surface area (Å²) in [7, 11) is 1.61. The van der Waals surface area contributed by atoms with Crippen molar-refractivity contribution in [2.45, 2.75) is 6.92 Å². The van der Waals surface area contributed by atoms with Crippen molar-refractivity contribution in [2.24, 2.45) is 0 Å². The second-order valence-electron chi connectivity index (χ2n) is 2.13. The predicted octanol–water partition coefficient (Wildman–Crippen LogP) is 2.12. The van der Waals surface area contributed by atoms with Gasteiger partial charge in [0, 0.05) is 12.3 Å². The summed E-state index contributed by atoms with van der Waals surface area (Å²) in [5.74, 6) is 0.653. The average molecular weight is 149 g/mol. The number of allylic oxidation sites excluding steroid dienone is 1. The van der Waals surface area contributed by atoms with E-state index >= 15 is 0 Å². The van der Waals surface area contributed by atoms with E-state index in [9.17, 15) is 0 Å². The topological polar surface area (TPSA) is 22.1 Å². The van der Waals surface area contributed by atoms with E-state index in [1.165, 1.54) is 0 Å². The minimum atomic E-state index is 0.653. The van der Waals surface area contributed by atoms with Gasteiger partial charge in [-0.3, -0.25) is 0 Å². The first-order valence-corrected chi connectivity index (χ1v) is 3.49. The molecule has 11 heavy (non-hydrogen) atoms. The van der Waals surface area contributed by atoms with Gasteiger partial charge >= 0.3 is 0 Å². The molecule has 0 N–H and O–H groups in total. The lowest BCUT2D eigenvalue weighted by molar-refractivity contribution is 0.398. The standard InChI is InChI=1S/C9H11NO/c1-3-4-8-5-6-10-9(7-8)11-2/h3-7H,1-2H3/b4-3+. The monoisotopic (exact) mass is 149 g/mol. The normalized spacial score (nSPS) is 10.4. The number of ether oxygens (including phenoxy) is 1. The van der Waals surface area contributed by atoms with Crippen LogP contribution in [0.1, 0.15) is 12.5 Å². The van der Waals surface area contributed by atoms with Crippen molar-refractivity contribution in [2.75, 3.05) is 7.11 Å². The van der Waals surface area contributed by atoms with E-state index in [0.717, 1.165) is 5.56 Å². The molecule has 0 aliphatic carbocycles. The molecule has 58 valence electrons. The molecule has 0 radical (unpaired) electrons. The Hall–Kier alpha value is -1.31. The number of hydrogen-bond acceptors (Lipinski definition) is 2. The van der Waals surface area contributed by atoms with Gasteiger partial charge in [-0.25, -0.2) is 4.98 Å². The third-order valence-electron chi connectivity index (χ3n) is 1.33. The van der Waals surface area contributed by atoms with E-state index < -0.39 is 0 Å². The molecule has 0 bridgehead atoms. The van der Waals surface area contributed by atoms with Crippen LogP contribution in [-0.2, 0) is 0 Å². The minimum absolute atomic E-state index is 0.653. The second kappa shape index (κ2) is 3.76. The Morgan fingerprint density at radius 1 is 1.55 bits per heavy atom. The summed E-state index contributed by atoms with van der Waals surface area (Å²) in [6.45, 7) is 1.98. The number of rotatable bonds is 2. The highest BCUT2D eigenvalue weighted by atomic mass is 16.5. The molecular weight excluding hydrogens is 138 g/mol. The molecule has 2 heteroatoms. The van der Waals surface area contributed by atoms with Gasteiger partial charge in [0.05, 0.1) is 7.11 Å². The maximum Gasteiger partial charge on any atom is 0.213 e. The maximum absolute atomic E-state index is 4.96. The average Bonchev–Trinajstić information content (AvgIpc) is 2.06. The molecule has 0 aromatic carbocycles. The Morgan fingerprint density at radius 3 is 3.00 bits per heavy atom. The van der Waals surface area contributed by atoms with Crippen LogP contribution in [0.15, 0.2) is 24.4 Å². The van der Waals surface area contributed by atoms with Crippen molar-refractivity contribution in [1.29, 1.82) is 0 Å². The summed E-state index contributed by atoms with van der Waals surface area (Å²) >= 11 is 0. The van der Waals surface area contributed by atoms with Crippen LogP contribution in [0.5, 0.6) is 5.88 Å². The Bertz CT molecular complexity index is 255. The lowest BCUT2D eigenvalue weighted by atomic mass is 10.2. The maximum atomic E-state index is 4.96. The van der Waals surface area contributed by atoms with Crippen LogP contribution in [0, 0.1) is 0 Å². The van der Waals surface area contributed by atoms with Gasteiger partial charge in [-0.1, -0.05) is 12.2 Å². The van der Waals surface area contributed by atoms with Gasteiger partial charge in [0.25, 0.3) is 0 Å². The highest BCUT2D eigenvalue weighted by Crippen LogP contribution is 2.09. The Morgan fingerprint density at radius 2 is 2.36 bits per heavy atom. The van der Waals surface area contributed by atoms with Crippen molar-refractivity contribution in [3.8, 4) is 5.88 Å². The van der Waals surface area contributed by atoms with Gasteiger partial charge in [0.15, 0.2) is 0 Å². The number of pyridine rings is 1. The Balaban J connectivity index is 2.91. The molecule has 0 fully saturated rings. The highest BCUT2D eigenvalue weighted by Gasteiger charge is 1.90. The highest BCUT2D eigenvalue weighted by molar-refractivity contribution is 5.49. The minimum Gasteiger partial charge on any atom is -0.481 e. The molecule has 0 amide bonds. The summed E-state index contributed by atoms with van der Waals surface area (Å²) in [6, 6.07) is 3.82. The third kappa shape index (κ3) is 2.08. The van der Waals surface area contributed by atoms with Crippen LogP contribution in [0.2, 0.25) is 0 Å². The van der Waals surface area contributed by atoms with Crippen LogP contribution in [-0.4, -0.2) is 12.1 Å². The molecule has 0 aliphatic heterocycles. The molecule has 0 saturated carbocycles. The van der Waals surface area contributed by atoms with Crippen LogP contribution < -0.4 is 4.74 Å². The number of aromatic nitrogens is 1. The molecule has 0 aliphatic rings. The number of nitrogens with zero attached hydrogens (tertiary/aromatic N) is 1. The van der Waals surface area contributed by atoms with Crippen LogP contribution in [0.25, 0.3) is 6.08 Å². The summed E-state index contributed by atoms with van der Waals surface area (Å²) in [6.07, 6.45) is 5.72. The first-order valence-electron chi connectivity index (χ1n) is 3.49. The zero-order valence-corrected chi connectivity index (χ0v) is 6.74. The van der Waals surface area contributed by atoms with E-state index in [1.54, 1.807) is 13.3 Å². The lowest BCUT2D eigenvalue weighted by Gasteiger charge is -1.97. The van der Waals surface area contributed by atoms with E-state index in [2.05, 4.69) is 4.98 Å². The number of methoxy groups -OCH3 is 1. The summed E-state index contributed by atoms with van der Waals surface area (Å²) in [4.78, 5) is 3.98. The smallest absolute Gasteiger partial charge is 0.213 e. The van der Waals surface area contributed by atoms with Gasteiger partial charge in [0.1, 0.15) is 0 Å². The van der Waals surface area contributed by atoms with Crippen molar-refractivity contribution in [1.82, 2.24) is 4.98 Å². The molecule has 0 atom stereocenters. The van der Waals surface area contributed by atoms with E-state index in [0.29, 0.717) is 5.88 Å². The third-order valence-corrected chi connectivity index (χ3v) is 1.33. The zero-order chi connectivity index (χ0) is 8.10. The Labute approximate surface area is 66.5 Å². The van der Waals surface area contributed by atoms with Crippen LogP contribution >= 0.6 is 0 Å². The number of hydrogen-bond donors (Lipinski definition) is 0. The van der Waals surface area contributed by atoms with E-state index in [1.807, 2.05) is 31.2 Å². The lowest BCUT2D eigenvalue weighted by Crippen LogP contribution is -1.86. The fourth-order valence-corrected chi connectivity index (χ4v) is 0.833. The molecule has 0 spiro atoms. The molecule has 1 rings (SSSR count). The second-order valence-corrected chi connectivity index (χ2v) is 2.13. The molecular formula is C9H11NO. The van der Waals surface area contributed by atoms with Gasteiger partial charge in [-0.15, -0.1) is 0 Å². The van der Waals surface area contributed by atoms with Crippen LogP contribution in [0.4, 0.5) is 0 Å². The molecule has 1 aromatic heterocycles. The van der Waals surface area contributed by atoms with Gasteiger partial charge in [-0.2, -0.15) is 0 Å². The summed E-state index contributed by atoms with van der Waals surface area (Å²) in [5, 5.41) is 0. The molecule has 0 saturated heterocycles. The van der Waals surface area contributed by atoms with Gasteiger partial charge in [0.2, 0.25) is 5.88 Å². The summed E-state index contributed by atoms with van der Waals surface area (Å²) in [5.41, 5.74) is 1.11. The van der Waals surface area contributed by atoms with Gasteiger partial charge in [-0.05, 0) is 18.6 Å². The largest absolute Gasteiger partial charge is 0.481 e. The molecule has 0 unspecified atom stereocenters. The van der Waals surface area contributed by atoms with Crippen molar-refractivity contribution in [3.63, 3.8) is 0 Å². The molecule has 2 nitrogen and oxygen atoms in total. The first-order chi connectivity index (χ1) is 5.36. The van der Waals surface area contributed by atoms with E-state index in [-0.39, 0.29) is 0 Å². The van der Waals surface area contributed by atoms with Crippen molar-refractivity contribution in [3.05, 3.63) is 30.0 Å². The van der Waals surface area contributed by atoms with E-state index in [4.69, 9.17) is 4.74 Å².